The van der Waals surface area contributed by atoms with E-state index in [1.807, 2.05) is 13.1 Å². The summed E-state index contributed by atoms with van der Waals surface area (Å²) in [5, 5.41) is 3.01. The predicted molar refractivity (Wildman–Crippen MR) is 83.0 cm³/mol. The highest BCUT2D eigenvalue weighted by Crippen LogP contribution is 2.26. The van der Waals surface area contributed by atoms with E-state index in [1.165, 1.54) is 7.11 Å². The van der Waals surface area contributed by atoms with Crippen molar-refractivity contribution in [3.63, 3.8) is 0 Å². The molecular weight excluding hydrogens is 288 g/mol. The molecule has 0 aliphatic rings. The third kappa shape index (κ3) is 3.74. The molecule has 0 spiro atoms. The van der Waals surface area contributed by atoms with Crippen molar-refractivity contribution in [1.82, 2.24) is 5.32 Å². The first-order valence-electron chi connectivity index (χ1n) is 6.46. The molecule has 0 aliphatic heterocycles. The molecule has 112 valence electrons. The van der Waals surface area contributed by atoms with Crippen LogP contribution < -0.4 is 14.8 Å². The zero-order chi connectivity index (χ0) is 15.3. The van der Waals surface area contributed by atoms with Gasteiger partial charge < -0.3 is 10.1 Å². The second-order valence-electron chi connectivity index (χ2n) is 4.49. The maximum atomic E-state index is 12.4. The van der Waals surface area contributed by atoms with Gasteiger partial charge in [-0.25, -0.2) is 8.42 Å². The third-order valence-electron chi connectivity index (χ3n) is 2.92. The SMILES string of the molecule is CNCc1ccc(S(=O)(=O)Nc2ccccc2)c(OC)c1. The van der Waals surface area contributed by atoms with E-state index in [4.69, 9.17) is 4.74 Å². The van der Waals surface area contributed by atoms with Gasteiger partial charge in [-0.05, 0) is 36.9 Å². The van der Waals surface area contributed by atoms with Gasteiger partial charge in [0.2, 0.25) is 0 Å². The smallest absolute Gasteiger partial charge is 0.265 e. The summed E-state index contributed by atoms with van der Waals surface area (Å²) in [6.45, 7) is 0.642. The Morgan fingerprint density at radius 2 is 1.81 bits per heavy atom. The molecule has 6 heteroatoms. The summed E-state index contributed by atoms with van der Waals surface area (Å²) in [6, 6.07) is 13.8. The normalized spacial score (nSPS) is 11.1. The molecule has 0 saturated heterocycles. The first-order chi connectivity index (χ1) is 10.1. The number of hydrogen-bond donors (Lipinski definition) is 2. The zero-order valence-electron chi connectivity index (χ0n) is 12.0. The highest BCUT2D eigenvalue weighted by atomic mass is 32.2. The molecule has 0 aromatic heterocycles. The molecule has 2 aromatic rings. The van der Waals surface area contributed by atoms with Gasteiger partial charge in [-0.2, -0.15) is 0 Å². The van der Waals surface area contributed by atoms with Crippen LogP contribution in [0.2, 0.25) is 0 Å². The van der Waals surface area contributed by atoms with E-state index in [9.17, 15) is 8.42 Å². The lowest BCUT2D eigenvalue weighted by Crippen LogP contribution is -2.14. The van der Waals surface area contributed by atoms with Gasteiger partial charge in [0, 0.05) is 12.2 Å². The third-order valence-corrected chi connectivity index (χ3v) is 4.35. The van der Waals surface area contributed by atoms with Gasteiger partial charge in [0.15, 0.2) is 0 Å². The molecule has 2 rings (SSSR count). The van der Waals surface area contributed by atoms with E-state index >= 15 is 0 Å². The number of anilines is 1. The van der Waals surface area contributed by atoms with Crippen LogP contribution in [0.3, 0.4) is 0 Å². The van der Waals surface area contributed by atoms with E-state index in [0.29, 0.717) is 18.0 Å². The summed E-state index contributed by atoms with van der Waals surface area (Å²) in [6.07, 6.45) is 0. The van der Waals surface area contributed by atoms with Gasteiger partial charge in [0.25, 0.3) is 10.0 Å². The van der Waals surface area contributed by atoms with Crippen molar-refractivity contribution in [2.45, 2.75) is 11.4 Å². The van der Waals surface area contributed by atoms with E-state index in [2.05, 4.69) is 10.0 Å². The van der Waals surface area contributed by atoms with Gasteiger partial charge >= 0.3 is 0 Å². The summed E-state index contributed by atoms with van der Waals surface area (Å²) >= 11 is 0. The van der Waals surface area contributed by atoms with Gasteiger partial charge in [0.05, 0.1) is 7.11 Å². The highest BCUT2D eigenvalue weighted by molar-refractivity contribution is 7.92. The minimum absolute atomic E-state index is 0.119. The fraction of sp³-hybridized carbons (Fsp3) is 0.200. The van der Waals surface area contributed by atoms with Crippen molar-refractivity contribution < 1.29 is 13.2 Å². The Hall–Kier alpha value is -2.05. The highest BCUT2D eigenvalue weighted by Gasteiger charge is 2.19. The first kappa shape index (κ1) is 15.3. The van der Waals surface area contributed by atoms with Gasteiger partial charge in [0.1, 0.15) is 10.6 Å². The van der Waals surface area contributed by atoms with Crippen LogP contribution in [0.5, 0.6) is 5.75 Å². The average Bonchev–Trinajstić information content (AvgIpc) is 2.48. The topological polar surface area (TPSA) is 67.4 Å². The lowest BCUT2D eigenvalue weighted by Gasteiger charge is -2.13. The fourth-order valence-electron chi connectivity index (χ4n) is 1.96. The molecule has 0 aliphatic carbocycles. The Kier molecular flexibility index (Phi) is 4.82. The molecule has 0 bridgehead atoms. The molecule has 0 atom stereocenters. The van der Waals surface area contributed by atoms with E-state index in [-0.39, 0.29) is 4.90 Å². The molecular formula is C15H18N2O3S. The molecule has 0 amide bonds. The maximum absolute atomic E-state index is 12.4. The van der Waals surface area contributed by atoms with Crippen LogP contribution in [0.4, 0.5) is 5.69 Å². The van der Waals surface area contributed by atoms with Crippen LogP contribution in [0.15, 0.2) is 53.4 Å². The number of ether oxygens (including phenoxy) is 1. The molecule has 0 unspecified atom stereocenters. The minimum Gasteiger partial charge on any atom is -0.495 e. The standard InChI is InChI=1S/C15H18N2O3S/c1-16-11-12-8-9-15(14(10-12)20-2)21(18,19)17-13-6-4-3-5-7-13/h3-10,16-17H,11H2,1-2H3. The Morgan fingerprint density at radius 3 is 2.43 bits per heavy atom. The van der Waals surface area contributed by atoms with E-state index in [1.54, 1.807) is 42.5 Å². The Bertz CT molecular complexity index is 700. The maximum Gasteiger partial charge on any atom is 0.265 e. The average molecular weight is 306 g/mol. The second kappa shape index (κ2) is 6.60. The van der Waals surface area contributed by atoms with Crippen LogP contribution >= 0.6 is 0 Å². The van der Waals surface area contributed by atoms with Gasteiger partial charge in [-0.3, -0.25) is 4.72 Å². The van der Waals surface area contributed by atoms with Crippen LogP contribution in [-0.2, 0) is 16.6 Å². The number of sulfonamides is 1. The van der Waals surface area contributed by atoms with E-state index in [0.717, 1.165) is 5.56 Å². The van der Waals surface area contributed by atoms with Crippen molar-refractivity contribution in [3.8, 4) is 5.75 Å². The van der Waals surface area contributed by atoms with Crippen LogP contribution in [0.25, 0.3) is 0 Å². The minimum atomic E-state index is -3.68. The molecule has 0 saturated carbocycles. The zero-order valence-corrected chi connectivity index (χ0v) is 12.8. The van der Waals surface area contributed by atoms with Crippen LogP contribution in [0, 0.1) is 0 Å². The molecule has 21 heavy (non-hydrogen) atoms. The first-order valence-corrected chi connectivity index (χ1v) is 7.94. The van der Waals surface area contributed by atoms with Crippen molar-refractivity contribution in [3.05, 3.63) is 54.1 Å². The summed E-state index contributed by atoms with van der Waals surface area (Å²) in [5.41, 5.74) is 1.46. The quantitative estimate of drug-likeness (QED) is 0.858. The second-order valence-corrected chi connectivity index (χ2v) is 6.14. The molecule has 0 fully saturated rings. The summed E-state index contributed by atoms with van der Waals surface area (Å²) in [7, 11) is -0.397. The predicted octanol–water partition coefficient (Wildman–Crippen LogP) is 2.22. The Balaban J connectivity index is 2.35. The lowest BCUT2D eigenvalue weighted by atomic mass is 10.2. The number of hydrogen-bond acceptors (Lipinski definition) is 4. The number of nitrogens with one attached hydrogen (secondary N) is 2. The van der Waals surface area contributed by atoms with Crippen molar-refractivity contribution in [2.75, 3.05) is 18.9 Å². The molecule has 0 heterocycles. The number of rotatable bonds is 6. The summed E-state index contributed by atoms with van der Waals surface area (Å²) in [4.78, 5) is 0.119. The van der Waals surface area contributed by atoms with Crippen LogP contribution in [0.1, 0.15) is 5.56 Å². The van der Waals surface area contributed by atoms with E-state index < -0.39 is 10.0 Å². The summed E-state index contributed by atoms with van der Waals surface area (Å²) < 4.78 is 32.6. The number of benzene rings is 2. The van der Waals surface area contributed by atoms with Gasteiger partial charge in [-0.1, -0.05) is 24.3 Å². The molecule has 0 radical (unpaired) electrons. The number of methoxy groups -OCH3 is 1. The summed E-state index contributed by atoms with van der Waals surface area (Å²) in [5.74, 6) is 0.325. The monoisotopic (exact) mass is 306 g/mol. The van der Waals surface area contributed by atoms with Crippen molar-refractivity contribution in [1.29, 1.82) is 0 Å². The molecule has 2 N–H and O–H groups in total. The van der Waals surface area contributed by atoms with Crippen LogP contribution in [-0.4, -0.2) is 22.6 Å². The molecule has 2 aromatic carbocycles. The van der Waals surface area contributed by atoms with Gasteiger partial charge in [-0.15, -0.1) is 0 Å². The Morgan fingerprint density at radius 1 is 1.10 bits per heavy atom. The molecule has 5 nitrogen and oxygen atoms in total. The van der Waals surface area contributed by atoms with Crippen molar-refractivity contribution >= 4 is 15.7 Å². The van der Waals surface area contributed by atoms with Crippen molar-refractivity contribution in [2.24, 2.45) is 0 Å². The largest absolute Gasteiger partial charge is 0.495 e. The number of para-hydroxylation sites is 1. The lowest BCUT2D eigenvalue weighted by molar-refractivity contribution is 0.402. The fourth-order valence-corrected chi connectivity index (χ4v) is 3.18. The Labute approximate surface area is 125 Å².